The first-order valence-electron chi connectivity index (χ1n) is 7.62. The van der Waals surface area contributed by atoms with Crippen LogP contribution in [0.25, 0.3) is 0 Å². The standard InChI is InChI=1S/C18H22N2O3/c1-4-17(20(21)22)18(2,14-8-6-5-7-9-14)19-15-10-12-16(23-3)13-11-15/h5-13,17,19H,4H2,1-3H3. The zero-order chi connectivity index (χ0) is 16.9. The molecule has 0 fully saturated rings. The smallest absolute Gasteiger partial charge is 0.239 e. The highest BCUT2D eigenvalue weighted by Crippen LogP contribution is 2.33. The summed E-state index contributed by atoms with van der Waals surface area (Å²) < 4.78 is 5.15. The third-order valence-electron chi connectivity index (χ3n) is 4.18. The Balaban J connectivity index is 2.42. The molecule has 0 aromatic heterocycles. The maximum Gasteiger partial charge on any atom is 0.239 e. The van der Waals surface area contributed by atoms with Gasteiger partial charge in [-0.2, -0.15) is 0 Å². The number of hydrogen-bond acceptors (Lipinski definition) is 4. The number of methoxy groups -OCH3 is 1. The Bertz CT molecular complexity index is 643. The summed E-state index contributed by atoms with van der Waals surface area (Å²) in [6.45, 7) is 3.72. The van der Waals surface area contributed by atoms with Gasteiger partial charge in [-0.1, -0.05) is 37.3 Å². The summed E-state index contributed by atoms with van der Waals surface area (Å²) in [7, 11) is 1.61. The lowest BCUT2D eigenvalue weighted by Gasteiger charge is -2.34. The van der Waals surface area contributed by atoms with E-state index in [4.69, 9.17) is 4.74 Å². The highest BCUT2D eigenvalue weighted by Gasteiger charge is 2.43. The van der Waals surface area contributed by atoms with E-state index in [1.54, 1.807) is 7.11 Å². The molecule has 2 rings (SSSR count). The maximum atomic E-state index is 11.6. The first kappa shape index (κ1) is 16.8. The molecule has 5 nitrogen and oxygen atoms in total. The van der Waals surface area contributed by atoms with Crippen LogP contribution in [0.3, 0.4) is 0 Å². The van der Waals surface area contributed by atoms with Gasteiger partial charge in [0.15, 0.2) is 0 Å². The van der Waals surface area contributed by atoms with Crippen molar-refractivity contribution in [3.8, 4) is 5.75 Å². The van der Waals surface area contributed by atoms with Crippen molar-refractivity contribution in [1.82, 2.24) is 0 Å². The molecular formula is C18H22N2O3. The largest absolute Gasteiger partial charge is 0.497 e. The van der Waals surface area contributed by atoms with Gasteiger partial charge in [0.25, 0.3) is 0 Å². The van der Waals surface area contributed by atoms with Crippen LogP contribution >= 0.6 is 0 Å². The Labute approximate surface area is 136 Å². The molecule has 0 saturated heterocycles. The minimum Gasteiger partial charge on any atom is -0.497 e. The van der Waals surface area contributed by atoms with Crippen LogP contribution in [0.2, 0.25) is 0 Å². The highest BCUT2D eigenvalue weighted by atomic mass is 16.6. The third-order valence-corrected chi connectivity index (χ3v) is 4.18. The van der Waals surface area contributed by atoms with Crippen LogP contribution in [0.1, 0.15) is 25.8 Å². The average Bonchev–Trinajstić information content (AvgIpc) is 2.56. The van der Waals surface area contributed by atoms with Crippen molar-refractivity contribution in [2.24, 2.45) is 0 Å². The molecule has 0 amide bonds. The molecule has 0 bridgehead atoms. The van der Waals surface area contributed by atoms with Gasteiger partial charge in [0.2, 0.25) is 6.04 Å². The van der Waals surface area contributed by atoms with Gasteiger partial charge in [-0.15, -0.1) is 0 Å². The fourth-order valence-corrected chi connectivity index (χ4v) is 2.87. The minimum atomic E-state index is -0.811. The van der Waals surface area contributed by atoms with Crippen molar-refractivity contribution in [2.75, 3.05) is 12.4 Å². The van der Waals surface area contributed by atoms with E-state index in [9.17, 15) is 10.1 Å². The SMILES string of the molecule is CCC([N+](=O)[O-])C(C)(Nc1ccc(OC)cc1)c1ccccc1. The number of anilines is 1. The van der Waals surface area contributed by atoms with Crippen molar-refractivity contribution >= 4 is 5.69 Å². The molecule has 2 unspecified atom stereocenters. The molecule has 1 N–H and O–H groups in total. The van der Waals surface area contributed by atoms with Gasteiger partial charge in [0.1, 0.15) is 11.3 Å². The Kier molecular flexibility index (Phi) is 5.21. The molecule has 0 aliphatic carbocycles. The quantitative estimate of drug-likeness (QED) is 0.618. The fourth-order valence-electron chi connectivity index (χ4n) is 2.87. The van der Waals surface area contributed by atoms with Crippen molar-refractivity contribution in [2.45, 2.75) is 31.8 Å². The van der Waals surface area contributed by atoms with E-state index in [2.05, 4.69) is 5.32 Å². The number of nitrogens with one attached hydrogen (secondary N) is 1. The molecule has 0 heterocycles. The average molecular weight is 314 g/mol. The molecule has 2 aromatic rings. The van der Waals surface area contributed by atoms with Gasteiger partial charge in [0.05, 0.1) is 7.11 Å². The summed E-state index contributed by atoms with van der Waals surface area (Å²) in [4.78, 5) is 11.4. The topological polar surface area (TPSA) is 64.4 Å². The molecule has 0 spiro atoms. The first-order valence-corrected chi connectivity index (χ1v) is 7.62. The summed E-state index contributed by atoms with van der Waals surface area (Å²) in [5.74, 6) is 0.748. The number of rotatable bonds is 7. The van der Waals surface area contributed by atoms with Crippen LogP contribution in [0.15, 0.2) is 54.6 Å². The Hall–Kier alpha value is -2.56. The lowest BCUT2D eigenvalue weighted by atomic mass is 9.83. The second-order valence-electron chi connectivity index (χ2n) is 5.63. The molecule has 0 aliphatic heterocycles. The second-order valence-corrected chi connectivity index (χ2v) is 5.63. The van der Waals surface area contributed by atoms with E-state index in [-0.39, 0.29) is 4.92 Å². The predicted molar refractivity (Wildman–Crippen MR) is 91.5 cm³/mol. The summed E-state index contributed by atoms with van der Waals surface area (Å²) in [6.07, 6.45) is 0.432. The van der Waals surface area contributed by atoms with E-state index >= 15 is 0 Å². The predicted octanol–water partition coefficient (Wildman–Crippen LogP) is 4.08. The lowest BCUT2D eigenvalue weighted by Crippen LogP contribution is -2.47. The van der Waals surface area contributed by atoms with E-state index in [1.165, 1.54) is 0 Å². The highest BCUT2D eigenvalue weighted by molar-refractivity contribution is 5.50. The maximum absolute atomic E-state index is 11.6. The van der Waals surface area contributed by atoms with E-state index < -0.39 is 11.6 Å². The van der Waals surface area contributed by atoms with Crippen molar-refractivity contribution in [3.05, 3.63) is 70.3 Å². The Morgan fingerprint density at radius 1 is 1.17 bits per heavy atom. The molecule has 23 heavy (non-hydrogen) atoms. The molecule has 122 valence electrons. The summed E-state index contributed by atoms with van der Waals surface area (Å²) in [5, 5.41) is 14.9. The monoisotopic (exact) mass is 314 g/mol. The Morgan fingerprint density at radius 2 is 1.78 bits per heavy atom. The van der Waals surface area contributed by atoms with Crippen LogP contribution in [0.4, 0.5) is 5.69 Å². The third kappa shape index (κ3) is 3.62. The van der Waals surface area contributed by atoms with Crippen LogP contribution in [-0.4, -0.2) is 18.1 Å². The summed E-state index contributed by atoms with van der Waals surface area (Å²) in [5.41, 5.74) is 0.894. The number of ether oxygens (including phenoxy) is 1. The van der Waals surface area contributed by atoms with Crippen molar-refractivity contribution < 1.29 is 9.66 Å². The molecule has 0 aliphatic rings. The Morgan fingerprint density at radius 3 is 2.26 bits per heavy atom. The van der Waals surface area contributed by atoms with Gasteiger partial charge in [0, 0.05) is 17.0 Å². The van der Waals surface area contributed by atoms with Crippen LogP contribution in [0.5, 0.6) is 5.75 Å². The van der Waals surface area contributed by atoms with Gasteiger partial charge in [-0.25, -0.2) is 0 Å². The molecule has 0 radical (unpaired) electrons. The molecule has 5 heteroatoms. The van der Waals surface area contributed by atoms with Gasteiger partial charge < -0.3 is 10.1 Å². The number of nitrogens with zero attached hydrogens (tertiary/aromatic N) is 1. The number of benzene rings is 2. The van der Waals surface area contributed by atoms with E-state index in [0.29, 0.717) is 6.42 Å². The van der Waals surface area contributed by atoms with Gasteiger partial charge in [-0.05, 0) is 36.8 Å². The van der Waals surface area contributed by atoms with Gasteiger partial charge in [-0.3, -0.25) is 10.1 Å². The van der Waals surface area contributed by atoms with Crippen molar-refractivity contribution in [3.63, 3.8) is 0 Å². The number of hydrogen-bond donors (Lipinski definition) is 1. The van der Waals surface area contributed by atoms with E-state index in [0.717, 1.165) is 17.0 Å². The minimum absolute atomic E-state index is 0.205. The normalized spacial score (nSPS) is 14.6. The number of nitro groups is 1. The molecule has 2 atom stereocenters. The second kappa shape index (κ2) is 7.13. The molecule has 2 aromatic carbocycles. The van der Waals surface area contributed by atoms with Crippen molar-refractivity contribution in [1.29, 1.82) is 0 Å². The zero-order valence-corrected chi connectivity index (χ0v) is 13.7. The zero-order valence-electron chi connectivity index (χ0n) is 13.7. The van der Waals surface area contributed by atoms with Crippen LogP contribution in [-0.2, 0) is 5.54 Å². The fraction of sp³-hybridized carbons (Fsp3) is 0.333. The van der Waals surface area contributed by atoms with Crippen LogP contribution in [0, 0.1) is 10.1 Å². The lowest BCUT2D eigenvalue weighted by molar-refractivity contribution is -0.533. The molecule has 0 saturated carbocycles. The summed E-state index contributed by atoms with van der Waals surface area (Å²) in [6, 6.07) is 16.2. The first-order chi connectivity index (χ1) is 11.0. The van der Waals surface area contributed by atoms with Gasteiger partial charge >= 0.3 is 0 Å². The summed E-state index contributed by atoms with van der Waals surface area (Å²) >= 11 is 0. The molecular weight excluding hydrogens is 292 g/mol. The van der Waals surface area contributed by atoms with E-state index in [1.807, 2.05) is 68.4 Å². The van der Waals surface area contributed by atoms with Crippen LogP contribution < -0.4 is 10.1 Å².